The van der Waals surface area contributed by atoms with Crippen molar-refractivity contribution >= 4 is 10.9 Å². The van der Waals surface area contributed by atoms with Gasteiger partial charge in [-0.1, -0.05) is 32.1 Å². The van der Waals surface area contributed by atoms with E-state index in [9.17, 15) is 4.79 Å². The Labute approximate surface area is 215 Å². The van der Waals surface area contributed by atoms with Crippen molar-refractivity contribution in [2.24, 2.45) is 0 Å². The van der Waals surface area contributed by atoms with E-state index in [1.807, 2.05) is 22.9 Å². The molecule has 37 heavy (non-hydrogen) atoms. The van der Waals surface area contributed by atoms with E-state index in [0.717, 1.165) is 55.7 Å². The van der Waals surface area contributed by atoms with E-state index in [0.29, 0.717) is 29.1 Å². The van der Waals surface area contributed by atoms with Gasteiger partial charge in [0.1, 0.15) is 6.04 Å². The maximum absolute atomic E-state index is 13.6. The van der Waals surface area contributed by atoms with E-state index in [4.69, 9.17) is 9.47 Å². The number of rotatable bonds is 5. The average Bonchev–Trinajstić information content (AvgIpc) is 3.71. The van der Waals surface area contributed by atoms with Gasteiger partial charge in [-0.05, 0) is 48.2 Å². The van der Waals surface area contributed by atoms with Gasteiger partial charge in [-0.15, -0.1) is 5.10 Å². The Kier molecular flexibility index (Phi) is 6.08. The molecule has 4 aliphatic rings. The molecule has 1 N–H and O–H groups in total. The predicted octanol–water partition coefficient (Wildman–Crippen LogP) is 3.40. The molecular weight excluding hydrogens is 470 g/mol. The van der Waals surface area contributed by atoms with Gasteiger partial charge < -0.3 is 14.5 Å². The Hall–Kier alpha value is -2.98. The van der Waals surface area contributed by atoms with Crippen LogP contribution in [0.25, 0.3) is 10.9 Å². The number of piperazine rings is 1. The number of aromatic amines is 1. The van der Waals surface area contributed by atoms with Gasteiger partial charge in [0.15, 0.2) is 17.3 Å². The third-order valence-electron chi connectivity index (χ3n) is 8.90. The molecule has 2 aliphatic carbocycles. The first-order valence-corrected chi connectivity index (χ1v) is 14.0. The first kappa shape index (κ1) is 23.2. The lowest BCUT2D eigenvalue weighted by atomic mass is 9.93. The third-order valence-corrected chi connectivity index (χ3v) is 8.90. The highest BCUT2D eigenvalue weighted by Crippen LogP contribution is 2.38. The van der Waals surface area contributed by atoms with Crippen LogP contribution in [0, 0.1) is 0 Å². The van der Waals surface area contributed by atoms with Crippen LogP contribution >= 0.6 is 0 Å². The summed E-state index contributed by atoms with van der Waals surface area (Å²) in [6, 6.07) is 6.50. The molecule has 0 bridgehead atoms. The smallest absolute Gasteiger partial charge is 0.253 e. The molecule has 0 radical (unpaired) electrons. The van der Waals surface area contributed by atoms with Gasteiger partial charge in [0, 0.05) is 49.2 Å². The van der Waals surface area contributed by atoms with Crippen LogP contribution < -0.4 is 15.0 Å². The van der Waals surface area contributed by atoms with Crippen LogP contribution in [0.4, 0.5) is 0 Å². The van der Waals surface area contributed by atoms with Crippen LogP contribution in [0.3, 0.4) is 0 Å². The first-order chi connectivity index (χ1) is 18.2. The van der Waals surface area contributed by atoms with Crippen LogP contribution in [0.15, 0.2) is 23.0 Å². The molecular formula is C27H35N7O3. The number of nitrogens with one attached hydrogen (secondary N) is 1. The molecule has 3 fully saturated rings. The number of tetrazole rings is 1. The number of pyridine rings is 1. The zero-order chi connectivity index (χ0) is 24.8. The zero-order valence-corrected chi connectivity index (χ0v) is 21.3. The quantitative estimate of drug-likeness (QED) is 0.563. The first-order valence-electron chi connectivity index (χ1n) is 14.0. The summed E-state index contributed by atoms with van der Waals surface area (Å²) in [6.45, 7) is 3.99. The van der Waals surface area contributed by atoms with Crippen LogP contribution in [-0.4, -0.2) is 74.0 Å². The maximum atomic E-state index is 13.6. The fourth-order valence-electron chi connectivity index (χ4n) is 6.91. The van der Waals surface area contributed by atoms with E-state index in [1.165, 1.54) is 44.9 Å². The van der Waals surface area contributed by atoms with Crippen molar-refractivity contribution < 1.29 is 9.47 Å². The summed E-state index contributed by atoms with van der Waals surface area (Å²) in [5, 5.41) is 14.0. The molecule has 0 amide bonds. The summed E-state index contributed by atoms with van der Waals surface area (Å²) in [5.74, 6) is 2.15. The van der Waals surface area contributed by atoms with Gasteiger partial charge in [-0.25, -0.2) is 4.68 Å². The van der Waals surface area contributed by atoms with Crippen LogP contribution in [-0.2, 0) is 0 Å². The summed E-state index contributed by atoms with van der Waals surface area (Å²) in [7, 11) is 0. The fraction of sp³-hybridized carbons (Fsp3) is 0.630. The Bertz CT molecular complexity index is 1320. The van der Waals surface area contributed by atoms with E-state index in [2.05, 4.69) is 30.3 Å². The summed E-state index contributed by atoms with van der Waals surface area (Å²) in [5.41, 5.74) is 1.33. The van der Waals surface area contributed by atoms with Crippen molar-refractivity contribution in [2.75, 3.05) is 33.0 Å². The van der Waals surface area contributed by atoms with Crippen LogP contribution in [0.1, 0.15) is 81.3 Å². The molecule has 1 saturated heterocycles. The highest BCUT2D eigenvalue weighted by molar-refractivity contribution is 5.83. The number of benzene rings is 1. The zero-order valence-electron chi connectivity index (χ0n) is 21.3. The summed E-state index contributed by atoms with van der Waals surface area (Å²) < 4.78 is 13.1. The molecule has 0 spiro atoms. The molecule has 3 aromatic rings. The average molecular weight is 506 g/mol. The van der Waals surface area contributed by atoms with E-state index in [1.54, 1.807) is 0 Å². The lowest BCUT2D eigenvalue weighted by molar-refractivity contribution is 0.0613. The fourth-order valence-corrected chi connectivity index (χ4v) is 6.91. The molecule has 10 nitrogen and oxygen atoms in total. The molecule has 10 heteroatoms. The van der Waals surface area contributed by atoms with Gasteiger partial charge in [0.05, 0.1) is 11.6 Å². The topological polar surface area (TPSA) is 101 Å². The third kappa shape index (κ3) is 4.29. The van der Waals surface area contributed by atoms with E-state index in [-0.39, 0.29) is 18.4 Å². The molecule has 1 atom stereocenters. The summed E-state index contributed by atoms with van der Waals surface area (Å²) in [4.78, 5) is 21.8. The highest BCUT2D eigenvalue weighted by atomic mass is 16.7. The largest absolute Gasteiger partial charge is 0.454 e. The van der Waals surface area contributed by atoms with Crippen molar-refractivity contribution in [1.82, 2.24) is 35.0 Å². The molecule has 2 saturated carbocycles. The second kappa shape index (κ2) is 9.72. The lowest BCUT2D eigenvalue weighted by Crippen LogP contribution is -2.52. The minimum atomic E-state index is -0.303. The van der Waals surface area contributed by atoms with Crippen molar-refractivity contribution in [3.05, 3.63) is 39.9 Å². The van der Waals surface area contributed by atoms with Gasteiger partial charge >= 0.3 is 0 Å². The highest BCUT2D eigenvalue weighted by Gasteiger charge is 2.36. The molecule has 0 unspecified atom stereocenters. The van der Waals surface area contributed by atoms with Gasteiger partial charge in [0.2, 0.25) is 6.79 Å². The molecule has 4 heterocycles. The normalized spacial score (nSPS) is 22.7. The van der Waals surface area contributed by atoms with Crippen molar-refractivity contribution in [2.45, 2.75) is 75.9 Å². The number of aromatic nitrogens is 5. The molecule has 196 valence electrons. The number of hydrogen-bond acceptors (Lipinski definition) is 8. The summed E-state index contributed by atoms with van der Waals surface area (Å²) >= 11 is 0. The minimum Gasteiger partial charge on any atom is -0.454 e. The van der Waals surface area contributed by atoms with Crippen molar-refractivity contribution in [1.29, 1.82) is 0 Å². The van der Waals surface area contributed by atoms with Crippen molar-refractivity contribution in [3.8, 4) is 11.5 Å². The Morgan fingerprint density at radius 1 is 0.865 bits per heavy atom. The standard InChI is InChI=1S/C27H35N7O3/c35-27-21(14-18-15-23-24(37-17-36-23)16-22(18)28-27)25(26-29-30-31-34(26)20-8-4-5-9-20)33-12-10-32(11-13-33)19-6-2-1-3-7-19/h14-16,19-20,25H,1-13,17H2,(H,28,35)/t25-/m0/s1. The van der Waals surface area contributed by atoms with Crippen LogP contribution in [0.2, 0.25) is 0 Å². The van der Waals surface area contributed by atoms with Crippen molar-refractivity contribution in [3.63, 3.8) is 0 Å². The molecule has 1 aromatic carbocycles. The van der Waals surface area contributed by atoms with E-state index >= 15 is 0 Å². The molecule has 7 rings (SSSR count). The Morgan fingerprint density at radius 3 is 2.35 bits per heavy atom. The second-order valence-corrected chi connectivity index (χ2v) is 11.0. The monoisotopic (exact) mass is 505 g/mol. The second-order valence-electron chi connectivity index (χ2n) is 11.0. The van der Waals surface area contributed by atoms with Crippen LogP contribution in [0.5, 0.6) is 11.5 Å². The number of ether oxygens (including phenoxy) is 2. The molecule has 2 aromatic heterocycles. The lowest BCUT2D eigenvalue weighted by Gasteiger charge is -2.43. The van der Waals surface area contributed by atoms with Gasteiger partial charge in [-0.2, -0.15) is 0 Å². The summed E-state index contributed by atoms with van der Waals surface area (Å²) in [6.07, 6.45) is 11.2. The van der Waals surface area contributed by atoms with Gasteiger partial charge in [0.25, 0.3) is 5.56 Å². The molecule has 2 aliphatic heterocycles. The maximum Gasteiger partial charge on any atom is 0.253 e. The minimum absolute atomic E-state index is 0.105. The number of hydrogen-bond donors (Lipinski definition) is 1. The van der Waals surface area contributed by atoms with Gasteiger partial charge in [-0.3, -0.25) is 14.6 Å². The Balaban J connectivity index is 1.26. The number of H-pyrrole nitrogens is 1. The number of fused-ring (bicyclic) bond motifs is 2. The SMILES string of the molecule is O=c1[nH]c2cc3c(cc2cc1[C@@H](c1nnnn1C1CCCC1)N1CCN(C2CCCCC2)CC1)OCO3. The Morgan fingerprint density at radius 2 is 1.57 bits per heavy atom. The van der Waals surface area contributed by atoms with E-state index < -0.39 is 0 Å². The predicted molar refractivity (Wildman–Crippen MR) is 138 cm³/mol. The number of nitrogens with zero attached hydrogens (tertiary/aromatic N) is 6.